The van der Waals surface area contributed by atoms with Crippen LogP contribution in [0.5, 0.6) is 5.75 Å². The number of halogens is 3. The van der Waals surface area contributed by atoms with Crippen molar-refractivity contribution in [1.29, 1.82) is 0 Å². The molecule has 0 amide bonds. The number of hydrogen-bond acceptors (Lipinski definition) is 3. The third kappa shape index (κ3) is 7.18. The quantitative estimate of drug-likeness (QED) is 0.229. The van der Waals surface area contributed by atoms with E-state index in [9.17, 15) is 9.18 Å². The van der Waals surface area contributed by atoms with Gasteiger partial charge in [0.15, 0.2) is 0 Å². The summed E-state index contributed by atoms with van der Waals surface area (Å²) in [6.07, 6.45) is 4.93. The van der Waals surface area contributed by atoms with Crippen molar-refractivity contribution in [1.82, 2.24) is 0 Å². The first-order valence-electron chi connectivity index (χ1n) is 9.04. The Kier molecular flexibility index (Phi) is 7.16. The van der Waals surface area contributed by atoms with Crippen molar-refractivity contribution in [3.8, 4) is 5.75 Å². The second-order valence-electron chi connectivity index (χ2n) is 8.02. The molecule has 0 N–H and O–H groups in total. The van der Waals surface area contributed by atoms with Crippen molar-refractivity contribution >= 4 is 37.8 Å². The molecule has 3 nitrogen and oxygen atoms in total. The zero-order chi connectivity index (χ0) is 19.5. The Morgan fingerprint density at radius 1 is 1.19 bits per heavy atom. The highest BCUT2D eigenvalue weighted by molar-refractivity contribution is 9.25. The highest BCUT2D eigenvalue weighted by Gasteiger charge is 2.30. The minimum atomic E-state index is -0.655. The monoisotopic (exact) mass is 492 g/mol. The number of rotatable bonds is 8. The number of hydrogen-bond donors (Lipinski definition) is 0. The molecular weight excluding hydrogens is 467 g/mol. The molecule has 0 aromatic heterocycles. The van der Waals surface area contributed by atoms with Crippen LogP contribution in [0.4, 0.5) is 4.39 Å². The number of carbonyl (C=O) groups excluding carboxylic acids is 1. The zero-order valence-electron chi connectivity index (χ0n) is 15.8. The molecular formula is C20H27Br2FO3. The van der Waals surface area contributed by atoms with E-state index in [1.807, 2.05) is 0 Å². The third-order valence-electron chi connectivity index (χ3n) is 4.00. The second-order valence-corrected chi connectivity index (χ2v) is 12.6. The SMILES string of the molecule is CC(Br)(Br)CCCCOc1cc(F)c(C(=O)OC(C)(C)C)cc1C1CC1. The summed E-state index contributed by atoms with van der Waals surface area (Å²) >= 11 is 7.10. The van der Waals surface area contributed by atoms with Crippen LogP contribution in [0, 0.1) is 5.82 Å². The highest BCUT2D eigenvalue weighted by Crippen LogP contribution is 2.45. The minimum absolute atomic E-state index is 0.0106. The van der Waals surface area contributed by atoms with Crippen molar-refractivity contribution in [3.63, 3.8) is 0 Å². The molecule has 26 heavy (non-hydrogen) atoms. The fraction of sp³-hybridized carbons (Fsp3) is 0.650. The summed E-state index contributed by atoms with van der Waals surface area (Å²) in [6.45, 7) is 7.90. The molecule has 0 radical (unpaired) electrons. The molecule has 0 aliphatic heterocycles. The standard InChI is InChI=1S/C20H27Br2FO3/c1-19(2,3)26-18(24)15-11-14(13-7-8-13)17(12-16(15)23)25-10-6-5-9-20(4,21)22/h11-13H,5-10H2,1-4H3. The second kappa shape index (κ2) is 8.59. The van der Waals surface area contributed by atoms with E-state index in [4.69, 9.17) is 9.47 Å². The highest BCUT2D eigenvalue weighted by atomic mass is 79.9. The summed E-state index contributed by atoms with van der Waals surface area (Å²) in [6, 6.07) is 2.95. The lowest BCUT2D eigenvalue weighted by Crippen LogP contribution is -2.24. The van der Waals surface area contributed by atoms with Gasteiger partial charge in [-0.05, 0) is 77.3 Å². The fourth-order valence-electron chi connectivity index (χ4n) is 2.62. The summed E-state index contributed by atoms with van der Waals surface area (Å²) < 4.78 is 25.6. The number of ether oxygens (including phenoxy) is 2. The van der Waals surface area contributed by atoms with Gasteiger partial charge in [-0.15, -0.1) is 0 Å². The van der Waals surface area contributed by atoms with E-state index in [2.05, 4.69) is 38.8 Å². The van der Waals surface area contributed by atoms with Gasteiger partial charge >= 0.3 is 5.97 Å². The van der Waals surface area contributed by atoms with E-state index in [0.29, 0.717) is 18.3 Å². The largest absolute Gasteiger partial charge is 0.493 e. The van der Waals surface area contributed by atoms with Crippen molar-refractivity contribution in [2.45, 2.75) is 74.6 Å². The number of carbonyl (C=O) groups is 1. The lowest BCUT2D eigenvalue weighted by molar-refractivity contribution is 0.00645. The molecule has 0 spiro atoms. The lowest BCUT2D eigenvalue weighted by Gasteiger charge is -2.20. The van der Waals surface area contributed by atoms with Crippen LogP contribution in [0.1, 0.15) is 81.6 Å². The average Bonchev–Trinajstić information content (AvgIpc) is 3.28. The molecule has 2 rings (SSSR count). The summed E-state index contributed by atoms with van der Waals surface area (Å²) in [5.41, 5.74) is 0.249. The van der Waals surface area contributed by atoms with Crippen LogP contribution >= 0.6 is 31.9 Å². The Balaban J connectivity index is 2.05. The molecule has 1 aromatic rings. The van der Waals surface area contributed by atoms with Crippen LogP contribution in [-0.2, 0) is 4.74 Å². The zero-order valence-corrected chi connectivity index (χ0v) is 19.0. The first-order valence-corrected chi connectivity index (χ1v) is 10.6. The van der Waals surface area contributed by atoms with Crippen molar-refractivity contribution < 1.29 is 18.7 Å². The Morgan fingerprint density at radius 2 is 1.85 bits per heavy atom. The van der Waals surface area contributed by atoms with Crippen molar-refractivity contribution in [2.24, 2.45) is 0 Å². The van der Waals surface area contributed by atoms with Gasteiger partial charge in [-0.1, -0.05) is 31.9 Å². The van der Waals surface area contributed by atoms with Crippen LogP contribution in [-0.4, -0.2) is 21.4 Å². The van der Waals surface area contributed by atoms with Gasteiger partial charge in [-0.2, -0.15) is 0 Å². The first-order chi connectivity index (χ1) is 12.0. The van der Waals surface area contributed by atoms with Gasteiger partial charge in [-0.25, -0.2) is 9.18 Å². The molecule has 0 saturated heterocycles. The number of unbranched alkanes of at least 4 members (excludes halogenated alkanes) is 1. The van der Waals surface area contributed by atoms with Gasteiger partial charge in [-0.3, -0.25) is 0 Å². The maximum absolute atomic E-state index is 14.5. The molecule has 1 aromatic carbocycles. The molecule has 1 saturated carbocycles. The van der Waals surface area contributed by atoms with E-state index in [1.54, 1.807) is 26.8 Å². The number of benzene rings is 1. The van der Waals surface area contributed by atoms with Crippen LogP contribution in [0.25, 0.3) is 0 Å². The summed E-state index contributed by atoms with van der Waals surface area (Å²) in [5.74, 6) is -0.317. The van der Waals surface area contributed by atoms with Crippen molar-refractivity contribution in [2.75, 3.05) is 6.61 Å². The molecule has 1 aliphatic carbocycles. The summed E-state index contributed by atoms with van der Waals surface area (Å²) in [4.78, 5) is 12.3. The summed E-state index contributed by atoms with van der Waals surface area (Å²) in [7, 11) is 0. The van der Waals surface area contributed by atoms with Crippen LogP contribution < -0.4 is 4.74 Å². The van der Waals surface area contributed by atoms with Crippen LogP contribution in [0.3, 0.4) is 0 Å². The van der Waals surface area contributed by atoms with Gasteiger partial charge in [0.2, 0.25) is 0 Å². The van der Waals surface area contributed by atoms with E-state index in [1.165, 1.54) is 6.07 Å². The van der Waals surface area contributed by atoms with Gasteiger partial charge in [0.1, 0.15) is 17.2 Å². The predicted molar refractivity (Wildman–Crippen MR) is 109 cm³/mol. The molecule has 0 heterocycles. The van der Waals surface area contributed by atoms with Gasteiger partial charge in [0.25, 0.3) is 0 Å². The third-order valence-corrected chi connectivity index (χ3v) is 4.80. The topological polar surface area (TPSA) is 35.5 Å². The minimum Gasteiger partial charge on any atom is -0.493 e. The fourth-order valence-corrected chi connectivity index (χ4v) is 3.18. The number of esters is 1. The normalized spacial score (nSPS) is 15.0. The van der Waals surface area contributed by atoms with Crippen molar-refractivity contribution in [3.05, 3.63) is 29.1 Å². The van der Waals surface area contributed by atoms with Crippen LogP contribution in [0.2, 0.25) is 0 Å². The molecule has 1 aliphatic rings. The Hall–Kier alpha value is -0.620. The van der Waals surface area contributed by atoms with Gasteiger partial charge in [0.05, 0.1) is 15.4 Å². The summed E-state index contributed by atoms with van der Waals surface area (Å²) in [5, 5.41) is 0. The Bertz CT molecular complexity index is 644. The average molecular weight is 494 g/mol. The van der Waals surface area contributed by atoms with E-state index < -0.39 is 17.4 Å². The molecule has 0 atom stereocenters. The maximum Gasteiger partial charge on any atom is 0.341 e. The predicted octanol–water partition coefficient (Wildman–Crippen LogP) is 6.71. The van der Waals surface area contributed by atoms with E-state index >= 15 is 0 Å². The molecule has 6 heteroatoms. The van der Waals surface area contributed by atoms with Crippen LogP contribution in [0.15, 0.2) is 12.1 Å². The molecule has 0 unspecified atom stereocenters. The molecule has 1 fully saturated rings. The van der Waals surface area contributed by atoms with E-state index in [0.717, 1.165) is 37.7 Å². The molecule has 0 bridgehead atoms. The smallest absolute Gasteiger partial charge is 0.341 e. The molecule has 146 valence electrons. The maximum atomic E-state index is 14.5. The van der Waals surface area contributed by atoms with E-state index in [-0.39, 0.29) is 8.80 Å². The van der Waals surface area contributed by atoms with Gasteiger partial charge in [0, 0.05) is 6.07 Å². The Labute approximate surface area is 172 Å². The first kappa shape index (κ1) is 21.7. The number of alkyl halides is 2. The van der Waals surface area contributed by atoms with Gasteiger partial charge < -0.3 is 9.47 Å². The Morgan fingerprint density at radius 3 is 2.38 bits per heavy atom. The lowest BCUT2D eigenvalue weighted by atomic mass is 10.0.